The van der Waals surface area contributed by atoms with Crippen molar-refractivity contribution in [2.45, 2.75) is 18.8 Å². The van der Waals surface area contributed by atoms with Gasteiger partial charge in [0.25, 0.3) is 0 Å². The number of nitrogens with zero attached hydrogens (tertiary/aromatic N) is 4. The SMILES string of the molecule is O=C(O)c1cc(C2CC2)n(-c2cncnc2)n1. The third kappa shape index (κ3) is 1.77. The summed E-state index contributed by atoms with van der Waals surface area (Å²) < 4.78 is 1.63. The summed E-state index contributed by atoms with van der Waals surface area (Å²) in [7, 11) is 0. The number of hydrogen-bond donors (Lipinski definition) is 1. The van der Waals surface area contributed by atoms with Crippen LogP contribution in [0.1, 0.15) is 34.9 Å². The molecule has 6 heteroatoms. The zero-order valence-corrected chi connectivity index (χ0v) is 8.95. The molecule has 0 aliphatic heterocycles. The first-order chi connectivity index (χ1) is 8.25. The molecular weight excluding hydrogens is 220 g/mol. The molecule has 0 atom stereocenters. The van der Waals surface area contributed by atoms with Gasteiger partial charge < -0.3 is 5.11 Å². The maximum Gasteiger partial charge on any atom is 0.356 e. The number of aromatic carboxylic acids is 1. The average Bonchev–Trinajstić information content (AvgIpc) is 3.09. The molecule has 6 nitrogen and oxygen atoms in total. The van der Waals surface area contributed by atoms with Crippen molar-refractivity contribution in [3.05, 3.63) is 36.2 Å². The number of hydrogen-bond acceptors (Lipinski definition) is 4. The minimum Gasteiger partial charge on any atom is -0.476 e. The molecule has 0 aromatic carbocycles. The second kappa shape index (κ2) is 3.65. The lowest BCUT2D eigenvalue weighted by Gasteiger charge is -2.04. The van der Waals surface area contributed by atoms with Gasteiger partial charge >= 0.3 is 5.97 Å². The van der Waals surface area contributed by atoms with Gasteiger partial charge in [0.15, 0.2) is 5.69 Å². The van der Waals surface area contributed by atoms with Crippen LogP contribution in [0.3, 0.4) is 0 Å². The Hall–Kier alpha value is -2.24. The van der Waals surface area contributed by atoms with Gasteiger partial charge in [-0.15, -0.1) is 0 Å². The Balaban J connectivity index is 2.11. The van der Waals surface area contributed by atoms with E-state index in [1.165, 1.54) is 6.33 Å². The van der Waals surface area contributed by atoms with Gasteiger partial charge in [-0.3, -0.25) is 0 Å². The van der Waals surface area contributed by atoms with E-state index in [0.717, 1.165) is 18.5 Å². The largest absolute Gasteiger partial charge is 0.476 e. The minimum absolute atomic E-state index is 0.0655. The highest BCUT2D eigenvalue weighted by Gasteiger charge is 2.29. The molecule has 2 aromatic heterocycles. The van der Waals surface area contributed by atoms with Gasteiger partial charge in [0.1, 0.15) is 12.0 Å². The zero-order valence-electron chi connectivity index (χ0n) is 8.95. The summed E-state index contributed by atoms with van der Waals surface area (Å²) in [6, 6.07) is 1.63. The van der Waals surface area contributed by atoms with Crippen LogP contribution in [-0.2, 0) is 0 Å². The van der Waals surface area contributed by atoms with Crippen LogP contribution in [0.2, 0.25) is 0 Å². The third-order valence-corrected chi connectivity index (χ3v) is 2.74. The maximum absolute atomic E-state index is 10.9. The monoisotopic (exact) mass is 230 g/mol. The van der Waals surface area contributed by atoms with E-state index in [1.54, 1.807) is 23.1 Å². The molecule has 3 rings (SSSR count). The number of carboxylic acids is 1. The van der Waals surface area contributed by atoms with E-state index >= 15 is 0 Å². The van der Waals surface area contributed by atoms with E-state index in [1.807, 2.05) is 0 Å². The first-order valence-corrected chi connectivity index (χ1v) is 5.34. The van der Waals surface area contributed by atoms with Gasteiger partial charge in [-0.25, -0.2) is 19.4 Å². The first-order valence-electron chi connectivity index (χ1n) is 5.34. The van der Waals surface area contributed by atoms with Gasteiger partial charge in [0.2, 0.25) is 0 Å². The van der Waals surface area contributed by atoms with Crippen molar-refractivity contribution in [1.82, 2.24) is 19.7 Å². The average molecular weight is 230 g/mol. The second-order valence-corrected chi connectivity index (χ2v) is 4.04. The van der Waals surface area contributed by atoms with Crippen LogP contribution in [0.5, 0.6) is 0 Å². The molecule has 1 aliphatic carbocycles. The lowest BCUT2D eigenvalue weighted by atomic mass is 10.2. The summed E-state index contributed by atoms with van der Waals surface area (Å²) in [4.78, 5) is 18.8. The number of aromatic nitrogens is 4. The van der Waals surface area contributed by atoms with Crippen LogP contribution in [0, 0.1) is 0 Å². The normalized spacial score (nSPS) is 14.8. The molecular formula is C11H10N4O2. The Bertz CT molecular complexity index is 560. The molecule has 86 valence electrons. The van der Waals surface area contributed by atoms with Crippen LogP contribution in [0.25, 0.3) is 5.69 Å². The van der Waals surface area contributed by atoms with E-state index in [2.05, 4.69) is 15.1 Å². The highest BCUT2D eigenvalue weighted by Crippen LogP contribution is 2.40. The summed E-state index contributed by atoms with van der Waals surface area (Å²) in [6.45, 7) is 0. The number of carboxylic acid groups (broad SMARTS) is 1. The van der Waals surface area contributed by atoms with E-state index in [0.29, 0.717) is 11.6 Å². The Morgan fingerprint density at radius 2 is 2.06 bits per heavy atom. The summed E-state index contributed by atoms with van der Waals surface area (Å²) in [5.41, 5.74) is 1.69. The standard InChI is InChI=1S/C11H10N4O2/c16-11(17)9-3-10(7-1-2-7)15(14-9)8-4-12-6-13-5-8/h3-7H,1-2H2,(H,16,17). The molecule has 1 aliphatic rings. The van der Waals surface area contributed by atoms with Gasteiger partial charge in [-0.05, 0) is 18.9 Å². The smallest absolute Gasteiger partial charge is 0.356 e. The van der Waals surface area contributed by atoms with Gasteiger partial charge in [-0.2, -0.15) is 5.10 Å². The number of carbonyl (C=O) groups is 1. The van der Waals surface area contributed by atoms with Crippen LogP contribution < -0.4 is 0 Å². The summed E-state index contributed by atoms with van der Waals surface area (Å²) >= 11 is 0. The fraction of sp³-hybridized carbons (Fsp3) is 0.273. The maximum atomic E-state index is 10.9. The molecule has 2 heterocycles. The number of rotatable bonds is 3. The lowest BCUT2D eigenvalue weighted by Crippen LogP contribution is -2.04. The predicted octanol–water partition coefficient (Wildman–Crippen LogP) is 1.24. The topological polar surface area (TPSA) is 80.9 Å². The highest BCUT2D eigenvalue weighted by molar-refractivity contribution is 5.85. The molecule has 1 saturated carbocycles. The summed E-state index contributed by atoms with van der Waals surface area (Å²) in [6.07, 6.45) is 6.84. The van der Waals surface area contributed by atoms with Crippen molar-refractivity contribution in [2.75, 3.05) is 0 Å². The quantitative estimate of drug-likeness (QED) is 0.857. The molecule has 1 N–H and O–H groups in total. The minimum atomic E-state index is -1.01. The predicted molar refractivity (Wildman–Crippen MR) is 58.1 cm³/mol. The van der Waals surface area contributed by atoms with Crippen molar-refractivity contribution in [3.63, 3.8) is 0 Å². The van der Waals surface area contributed by atoms with Gasteiger partial charge in [0.05, 0.1) is 12.4 Å². The van der Waals surface area contributed by atoms with Crippen molar-refractivity contribution >= 4 is 5.97 Å². The molecule has 0 unspecified atom stereocenters. The summed E-state index contributed by atoms with van der Waals surface area (Å²) in [5.74, 6) is -0.599. The van der Waals surface area contributed by atoms with Crippen molar-refractivity contribution in [2.24, 2.45) is 0 Å². The molecule has 0 bridgehead atoms. The molecule has 0 amide bonds. The lowest BCUT2D eigenvalue weighted by molar-refractivity contribution is 0.0690. The third-order valence-electron chi connectivity index (χ3n) is 2.74. The van der Waals surface area contributed by atoms with Crippen LogP contribution in [-0.4, -0.2) is 30.8 Å². The Labute approximate surface area is 96.9 Å². The first kappa shape index (κ1) is 9.95. The highest BCUT2D eigenvalue weighted by atomic mass is 16.4. The molecule has 0 radical (unpaired) electrons. The zero-order chi connectivity index (χ0) is 11.8. The summed E-state index contributed by atoms with van der Waals surface area (Å²) in [5, 5.41) is 13.0. The van der Waals surface area contributed by atoms with E-state index in [-0.39, 0.29) is 5.69 Å². The fourth-order valence-corrected chi connectivity index (χ4v) is 1.78. The van der Waals surface area contributed by atoms with Crippen molar-refractivity contribution in [1.29, 1.82) is 0 Å². The van der Waals surface area contributed by atoms with Gasteiger partial charge in [-0.1, -0.05) is 0 Å². The molecule has 2 aromatic rings. The molecule has 0 saturated heterocycles. The van der Waals surface area contributed by atoms with E-state index in [4.69, 9.17) is 5.11 Å². The molecule has 1 fully saturated rings. The van der Waals surface area contributed by atoms with Crippen molar-refractivity contribution in [3.8, 4) is 5.69 Å². The fourth-order valence-electron chi connectivity index (χ4n) is 1.78. The van der Waals surface area contributed by atoms with Crippen LogP contribution in [0.4, 0.5) is 0 Å². The van der Waals surface area contributed by atoms with E-state index in [9.17, 15) is 4.79 Å². The van der Waals surface area contributed by atoms with Crippen LogP contribution >= 0.6 is 0 Å². The van der Waals surface area contributed by atoms with E-state index < -0.39 is 5.97 Å². The Kier molecular flexibility index (Phi) is 2.14. The second-order valence-electron chi connectivity index (χ2n) is 4.04. The molecule has 0 spiro atoms. The van der Waals surface area contributed by atoms with Gasteiger partial charge in [0, 0.05) is 11.6 Å². The Morgan fingerprint density at radius 1 is 1.35 bits per heavy atom. The van der Waals surface area contributed by atoms with Crippen LogP contribution in [0.15, 0.2) is 24.8 Å². The van der Waals surface area contributed by atoms with Crippen molar-refractivity contribution < 1.29 is 9.90 Å². The molecule has 17 heavy (non-hydrogen) atoms. The Morgan fingerprint density at radius 3 is 2.65 bits per heavy atom.